The summed E-state index contributed by atoms with van der Waals surface area (Å²) >= 11 is 0. The molecule has 0 spiro atoms. The van der Waals surface area contributed by atoms with Gasteiger partial charge in [0.1, 0.15) is 18.7 Å². The second-order valence-electron chi connectivity index (χ2n) is 4.54. The Hall–Kier alpha value is -2.26. The molecule has 0 bridgehead atoms. The summed E-state index contributed by atoms with van der Waals surface area (Å²) in [5.41, 5.74) is 1.12. The van der Waals surface area contributed by atoms with Crippen molar-refractivity contribution in [1.29, 1.82) is 0 Å². The van der Waals surface area contributed by atoms with Crippen molar-refractivity contribution in [1.82, 2.24) is 14.8 Å². The number of sulfonamides is 1. The number of primary sulfonamides is 1. The molecule has 1 unspecified atom stereocenters. The lowest BCUT2D eigenvalue weighted by atomic mass is 10.2. The van der Waals surface area contributed by atoms with E-state index in [0.717, 1.165) is 0 Å². The summed E-state index contributed by atoms with van der Waals surface area (Å²) < 4.78 is 23.4. The monoisotopic (exact) mass is 309 g/mol. The van der Waals surface area contributed by atoms with Crippen molar-refractivity contribution in [3.05, 3.63) is 42.5 Å². The van der Waals surface area contributed by atoms with E-state index in [1.165, 1.54) is 17.3 Å². The van der Waals surface area contributed by atoms with Gasteiger partial charge in [-0.2, -0.15) is 5.10 Å². The number of anilines is 1. The Morgan fingerprint density at radius 2 is 2.05 bits per heavy atom. The van der Waals surface area contributed by atoms with Gasteiger partial charge in [0.05, 0.1) is 5.75 Å². The zero-order valence-corrected chi connectivity index (χ0v) is 12.1. The summed E-state index contributed by atoms with van der Waals surface area (Å²) in [6.45, 7) is 1.69. The standard InChI is InChI=1S/C12H15N5O3S/c1-9(17-8-14-7-15-17)12(18)16-11-4-2-10(3-5-11)6-21(13,19)20/h2-5,7-9H,6H2,1H3,(H,16,18)(H2,13,19,20). The summed E-state index contributed by atoms with van der Waals surface area (Å²) in [4.78, 5) is 15.8. The van der Waals surface area contributed by atoms with E-state index in [1.807, 2.05) is 0 Å². The van der Waals surface area contributed by atoms with Crippen molar-refractivity contribution in [2.75, 3.05) is 5.32 Å². The van der Waals surface area contributed by atoms with Crippen LogP contribution in [0.2, 0.25) is 0 Å². The van der Waals surface area contributed by atoms with Crippen LogP contribution in [0.5, 0.6) is 0 Å². The van der Waals surface area contributed by atoms with Gasteiger partial charge in [0.2, 0.25) is 15.9 Å². The van der Waals surface area contributed by atoms with Crippen molar-refractivity contribution >= 4 is 21.6 Å². The van der Waals surface area contributed by atoms with Gasteiger partial charge >= 0.3 is 0 Å². The lowest BCUT2D eigenvalue weighted by Gasteiger charge is -2.12. The number of carbonyl (C=O) groups is 1. The third-order valence-corrected chi connectivity index (χ3v) is 3.54. The summed E-state index contributed by atoms with van der Waals surface area (Å²) in [7, 11) is -3.56. The Morgan fingerprint density at radius 1 is 1.38 bits per heavy atom. The van der Waals surface area contributed by atoms with Crippen LogP contribution in [-0.4, -0.2) is 29.1 Å². The van der Waals surface area contributed by atoms with E-state index in [4.69, 9.17) is 5.14 Å². The number of nitrogens with zero attached hydrogens (tertiary/aromatic N) is 3. The molecule has 1 aromatic carbocycles. The van der Waals surface area contributed by atoms with Gasteiger partial charge in [-0.05, 0) is 24.6 Å². The molecule has 1 aromatic heterocycles. The molecule has 3 N–H and O–H groups in total. The average Bonchev–Trinajstić information content (AvgIpc) is 2.92. The number of nitrogens with one attached hydrogen (secondary N) is 1. The molecule has 0 fully saturated rings. The highest BCUT2D eigenvalue weighted by atomic mass is 32.2. The summed E-state index contributed by atoms with van der Waals surface area (Å²) in [5.74, 6) is -0.490. The Labute approximate surface area is 122 Å². The van der Waals surface area contributed by atoms with Gasteiger partial charge in [-0.1, -0.05) is 12.1 Å². The molecule has 0 saturated carbocycles. The lowest BCUT2D eigenvalue weighted by Crippen LogP contribution is -2.24. The minimum Gasteiger partial charge on any atom is -0.324 e. The first-order chi connectivity index (χ1) is 9.85. The number of carbonyl (C=O) groups excluding carboxylic acids is 1. The van der Waals surface area contributed by atoms with Crippen LogP contribution in [0.1, 0.15) is 18.5 Å². The number of hydrogen-bond donors (Lipinski definition) is 2. The fourth-order valence-corrected chi connectivity index (χ4v) is 2.36. The lowest BCUT2D eigenvalue weighted by molar-refractivity contribution is -0.119. The second kappa shape index (κ2) is 6.02. The van der Waals surface area contributed by atoms with Gasteiger partial charge in [-0.25, -0.2) is 23.2 Å². The number of benzene rings is 1. The number of aromatic nitrogens is 3. The number of amides is 1. The van der Waals surface area contributed by atoms with Crippen LogP contribution in [0.25, 0.3) is 0 Å². The Morgan fingerprint density at radius 3 is 2.57 bits per heavy atom. The van der Waals surface area contributed by atoms with Gasteiger partial charge in [0.25, 0.3) is 0 Å². The fourth-order valence-electron chi connectivity index (χ4n) is 1.70. The molecule has 0 aliphatic carbocycles. The number of rotatable bonds is 5. The molecule has 21 heavy (non-hydrogen) atoms. The normalized spacial score (nSPS) is 12.9. The van der Waals surface area contributed by atoms with Crippen molar-refractivity contribution in [3.8, 4) is 0 Å². The van der Waals surface area contributed by atoms with E-state index >= 15 is 0 Å². The van der Waals surface area contributed by atoms with Crippen LogP contribution >= 0.6 is 0 Å². The molecule has 8 nitrogen and oxygen atoms in total. The first-order valence-corrected chi connectivity index (χ1v) is 7.81. The zero-order valence-electron chi connectivity index (χ0n) is 11.3. The molecule has 112 valence electrons. The zero-order chi connectivity index (χ0) is 15.5. The van der Waals surface area contributed by atoms with Crippen LogP contribution in [-0.2, 0) is 20.6 Å². The minimum atomic E-state index is -3.56. The van der Waals surface area contributed by atoms with E-state index in [9.17, 15) is 13.2 Å². The first-order valence-electron chi connectivity index (χ1n) is 6.09. The molecule has 0 saturated heterocycles. The topological polar surface area (TPSA) is 120 Å². The SMILES string of the molecule is CC(C(=O)Nc1ccc(CS(N)(=O)=O)cc1)n1cncn1. The maximum atomic E-state index is 12.0. The van der Waals surface area contributed by atoms with E-state index in [2.05, 4.69) is 15.4 Å². The molecule has 1 heterocycles. The first kappa shape index (κ1) is 15.1. The molecule has 1 atom stereocenters. The van der Waals surface area contributed by atoms with Gasteiger partial charge < -0.3 is 5.32 Å². The van der Waals surface area contributed by atoms with Crippen LogP contribution in [0.15, 0.2) is 36.9 Å². The molecule has 0 aliphatic rings. The van der Waals surface area contributed by atoms with E-state index in [1.54, 1.807) is 31.2 Å². The molecule has 0 radical (unpaired) electrons. The minimum absolute atomic E-state index is 0.239. The van der Waals surface area contributed by atoms with E-state index in [-0.39, 0.29) is 11.7 Å². The van der Waals surface area contributed by atoms with Gasteiger partial charge in [-0.15, -0.1) is 0 Å². The van der Waals surface area contributed by atoms with Gasteiger partial charge in [0.15, 0.2) is 0 Å². The van der Waals surface area contributed by atoms with Crippen LogP contribution in [0.3, 0.4) is 0 Å². The highest BCUT2D eigenvalue weighted by Gasteiger charge is 2.15. The van der Waals surface area contributed by atoms with Crippen LogP contribution in [0.4, 0.5) is 5.69 Å². The molecular formula is C12H15N5O3S. The van der Waals surface area contributed by atoms with Crippen molar-refractivity contribution in [3.63, 3.8) is 0 Å². The maximum absolute atomic E-state index is 12.0. The summed E-state index contributed by atoms with van der Waals surface area (Å²) in [6.07, 6.45) is 2.81. The smallest absolute Gasteiger partial charge is 0.249 e. The molecular weight excluding hydrogens is 294 g/mol. The quantitative estimate of drug-likeness (QED) is 0.821. The van der Waals surface area contributed by atoms with Crippen molar-refractivity contribution in [2.24, 2.45) is 5.14 Å². The molecule has 0 aliphatic heterocycles. The third kappa shape index (κ3) is 4.36. The van der Waals surface area contributed by atoms with Crippen molar-refractivity contribution in [2.45, 2.75) is 18.7 Å². The Bertz CT molecular complexity index is 710. The van der Waals surface area contributed by atoms with Crippen LogP contribution in [0, 0.1) is 0 Å². The highest BCUT2D eigenvalue weighted by molar-refractivity contribution is 7.88. The summed E-state index contributed by atoms with van der Waals surface area (Å²) in [6, 6.07) is 5.93. The summed E-state index contributed by atoms with van der Waals surface area (Å²) in [5, 5.41) is 11.6. The number of nitrogens with two attached hydrogens (primary N) is 1. The highest BCUT2D eigenvalue weighted by Crippen LogP contribution is 2.13. The predicted octanol–water partition coefficient (Wildman–Crippen LogP) is 0.266. The molecule has 2 rings (SSSR count). The van der Waals surface area contributed by atoms with E-state index in [0.29, 0.717) is 11.3 Å². The third-order valence-electron chi connectivity index (χ3n) is 2.80. The van der Waals surface area contributed by atoms with Crippen molar-refractivity contribution < 1.29 is 13.2 Å². The second-order valence-corrected chi connectivity index (χ2v) is 6.16. The Kier molecular flexibility index (Phi) is 4.34. The fraction of sp³-hybridized carbons (Fsp3) is 0.250. The average molecular weight is 309 g/mol. The molecule has 2 aromatic rings. The predicted molar refractivity (Wildman–Crippen MR) is 76.6 cm³/mol. The van der Waals surface area contributed by atoms with Crippen LogP contribution < -0.4 is 10.5 Å². The number of hydrogen-bond acceptors (Lipinski definition) is 5. The molecule has 1 amide bonds. The van der Waals surface area contributed by atoms with Gasteiger partial charge in [0, 0.05) is 5.69 Å². The molecule has 9 heteroatoms. The Balaban J connectivity index is 2.02. The van der Waals surface area contributed by atoms with E-state index < -0.39 is 16.1 Å². The van der Waals surface area contributed by atoms with Gasteiger partial charge in [-0.3, -0.25) is 4.79 Å². The largest absolute Gasteiger partial charge is 0.324 e. The maximum Gasteiger partial charge on any atom is 0.249 e.